The standard InChI is InChI=1S/C12H27N3O2/c1-9(17-5)8-14-10(7-13)6-11(16)15-12(2,3)4/h9-10,14H,6-8,13H2,1-5H3,(H,15,16). The van der Waals surface area contributed by atoms with Crippen LogP contribution in [0, 0.1) is 0 Å². The highest BCUT2D eigenvalue weighted by atomic mass is 16.5. The largest absolute Gasteiger partial charge is 0.380 e. The number of hydrogen-bond acceptors (Lipinski definition) is 4. The van der Waals surface area contributed by atoms with Crippen LogP contribution in [0.5, 0.6) is 0 Å². The average molecular weight is 245 g/mol. The monoisotopic (exact) mass is 245 g/mol. The van der Waals surface area contributed by atoms with Gasteiger partial charge in [-0.1, -0.05) is 0 Å². The lowest BCUT2D eigenvalue weighted by Crippen LogP contribution is -2.47. The molecule has 0 fully saturated rings. The summed E-state index contributed by atoms with van der Waals surface area (Å²) in [5.74, 6) is 0.0190. The zero-order valence-corrected chi connectivity index (χ0v) is 11.7. The molecule has 17 heavy (non-hydrogen) atoms. The molecule has 0 spiro atoms. The van der Waals surface area contributed by atoms with Crippen LogP contribution >= 0.6 is 0 Å². The van der Waals surface area contributed by atoms with E-state index in [9.17, 15) is 4.79 Å². The van der Waals surface area contributed by atoms with Crippen molar-refractivity contribution >= 4 is 5.91 Å². The highest BCUT2D eigenvalue weighted by molar-refractivity contribution is 5.77. The van der Waals surface area contributed by atoms with Crippen molar-refractivity contribution in [3.63, 3.8) is 0 Å². The third kappa shape index (κ3) is 9.09. The van der Waals surface area contributed by atoms with Crippen LogP contribution in [0.3, 0.4) is 0 Å². The summed E-state index contributed by atoms with van der Waals surface area (Å²) < 4.78 is 5.13. The number of rotatable bonds is 7. The van der Waals surface area contributed by atoms with E-state index in [0.717, 1.165) is 0 Å². The van der Waals surface area contributed by atoms with Gasteiger partial charge in [-0.15, -0.1) is 0 Å². The number of methoxy groups -OCH3 is 1. The Morgan fingerprint density at radius 3 is 2.41 bits per heavy atom. The summed E-state index contributed by atoms with van der Waals surface area (Å²) >= 11 is 0. The van der Waals surface area contributed by atoms with Crippen molar-refractivity contribution < 1.29 is 9.53 Å². The second kappa shape index (κ2) is 7.63. The van der Waals surface area contributed by atoms with E-state index in [-0.39, 0.29) is 23.6 Å². The van der Waals surface area contributed by atoms with Crippen LogP contribution in [-0.2, 0) is 9.53 Å². The van der Waals surface area contributed by atoms with Gasteiger partial charge >= 0.3 is 0 Å². The SMILES string of the molecule is COC(C)CNC(CN)CC(=O)NC(C)(C)C. The maximum atomic E-state index is 11.7. The Morgan fingerprint density at radius 2 is 2.00 bits per heavy atom. The molecule has 0 aliphatic carbocycles. The fraction of sp³-hybridized carbons (Fsp3) is 0.917. The van der Waals surface area contributed by atoms with Crippen molar-refractivity contribution in [2.24, 2.45) is 5.73 Å². The van der Waals surface area contributed by atoms with Crippen molar-refractivity contribution in [3.8, 4) is 0 Å². The molecular weight excluding hydrogens is 218 g/mol. The first-order chi connectivity index (χ1) is 7.78. The van der Waals surface area contributed by atoms with Crippen LogP contribution in [0.15, 0.2) is 0 Å². The highest BCUT2D eigenvalue weighted by Crippen LogP contribution is 2.01. The molecule has 5 nitrogen and oxygen atoms in total. The fourth-order valence-electron chi connectivity index (χ4n) is 1.35. The molecule has 0 aromatic heterocycles. The van der Waals surface area contributed by atoms with E-state index in [1.165, 1.54) is 0 Å². The van der Waals surface area contributed by atoms with Gasteiger partial charge in [-0.25, -0.2) is 0 Å². The second-order valence-corrected chi connectivity index (χ2v) is 5.39. The molecule has 0 aliphatic rings. The summed E-state index contributed by atoms with van der Waals surface area (Å²) in [7, 11) is 1.66. The molecular formula is C12H27N3O2. The van der Waals surface area contributed by atoms with Crippen molar-refractivity contribution in [3.05, 3.63) is 0 Å². The quantitative estimate of drug-likeness (QED) is 0.600. The second-order valence-electron chi connectivity index (χ2n) is 5.39. The van der Waals surface area contributed by atoms with Crippen LogP contribution < -0.4 is 16.4 Å². The molecule has 5 heteroatoms. The lowest BCUT2D eigenvalue weighted by Gasteiger charge is -2.23. The highest BCUT2D eigenvalue weighted by Gasteiger charge is 2.17. The van der Waals surface area contributed by atoms with Gasteiger partial charge in [-0.2, -0.15) is 0 Å². The Kier molecular flexibility index (Phi) is 7.34. The molecule has 0 radical (unpaired) electrons. The smallest absolute Gasteiger partial charge is 0.222 e. The zero-order chi connectivity index (χ0) is 13.5. The zero-order valence-electron chi connectivity index (χ0n) is 11.7. The molecule has 0 saturated carbocycles. The van der Waals surface area contributed by atoms with E-state index >= 15 is 0 Å². The predicted octanol–water partition coefficient (Wildman–Crippen LogP) is 0.243. The number of amides is 1. The number of ether oxygens (including phenoxy) is 1. The topological polar surface area (TPSA) is 76.4 Å². The third-order valence-electron chi connectivity index (χ3n) is 2.33. The Morgan fingerprint density at radius 1 is 1.41 bits per heavy atom. The third-order valence-corrected chi connectivity index (χ3v) is 2.33. The van der Waals surface area contributed by atoms with E-state index < -0.39 is 0 Å². The molecule has 2 unspecified atom stereocenters. The van der Waals surface area contributed by atoms with Gasteiger partial charge in [0.25, 0.3) is 0 Å². The maximum absolute atomic E-state index is 11.7. The van der Waals surface area contributed by atoms with Crippen molar-refractivity contribution in [2.45, 2.75) is 51.8 Å². The van der Waals surface area contributed by atoms with E-state index in [1.54, 1.807) is 7.11 Å². The van der Waals surface area contributed by atoms with Gasteiger partial charge in [-0.05, 0) is 27.7 Å². The van der Waals surface area contributed by atoms with Gasteiger partial charge in [0, 0.05) is 38.2 Å². The van der Waals surface area contributed by atoms with Crippen molar-refractivity contribution in [1.82, 2.24) is 10.6 Å². The molecule has 0 aliphatic heterocycles. The van der Waals surface area contributed by atoms with Crippen LogP contribution in [0.4, 0.5) is 0 Å². The minimum Gasteiger partial charge on any atom is -0.380 e. The molecule has 0 saturated heterocycles. The molecule has 0 aromatic rings. The maximum Gasteiger partial charge on any atom is 0.222 e. The van der Waals surface area contributed by atoms with Gasteiger partial charge < -0.3 is 21.1 Å². The van der Waals surface area contributed by atoms with Gasteiger partial charge in [0.1, 0.15) is 0 Å². The van der Waals surface area contributed by atoms with Gasteiger partial charge in [-0.3, -0.25) is 4.79 Å². The number of carbonyl (C=O) groups is 1. The van der Waals surface area contributed by atoms with E-state index in [1.807, 2.05) is 27.7 Å². The molecule has 0 aromatic carbocycles. The first kappa shape index (κ1) is 16.4. The van der Waals surface area contributed by atoms with Crippen LogP contribution in [0.1, 0.15) is 34.1 Å². The van der Waals surface area contributed by atoms with Crippen molar-refractivity contribution in [1.29, 1.82) is 0 Å². The number of nitrogens with one attached hydrogen (secondary N) is 2. The molecule has 0 heterocycles. The first-order valence-electron chi connectivity index (χ1n) is 6.05. The van der Waals surface area contributed by atoms with E-state index in [2.05, 4.69) is 10.6 Å². The fourth-order valence-corrected chi connectivity index (χ4v) is 1.35. The predicted molar refractivity (Wildman–Crippen MR) is 69.8 cm³/mol. The van der Waals surface area contributed by atoms with E-state index in [0.29, 0.717) is 19.5 Å². The summed E-state index contributed by atoms with van der Waals surface area (Å²) in [6.07, 6.45) is 0.513. The Balaban J connectivity index is 4.00. The minimum atomic E-state index is -0.198. The summed E-state index contributed by atoms with van der Waals surface area (Å²) in [5, 5.41) is 6.15. The number of carbonyl (C=O) groups excluding carboxylic acids is 1. The van der Waals surface area contributed by atoms with Crippen LogP contribution in [0.2, 0.25) is 0 Å². The van der Waals surface area contributed by atoms with Gasteiger partial charge in [0.15, 0.2) is 0 Å². The molecule has 0 bridgehead atoms. The molecule has 0 rings (SSSR count). The van der Waals surface area contributed by atoms with Crippen molar-refractivity contribution in [2.75, 3.05) is 20.2 Å². The summed E-state index contributed by atoms with van der Waals surface area (Å²) in [4.78, 5) is 11.7. The lowest BCUT2D eigenvalue weighted by molar-refractivity contribution is -0.123. The minimum absolute atomic E-state index is 0.00468. The first-order valence-corrected chi connectivity index (χ1v) is 6.05. The Bertz CT molecular complexity index is 226. The van der Waals surface area contributed by atoms with Gasteiger partial charge in [0.2, 0.25) is 5.91 Å². The van der Waals surface area contributed by atoms with Crippen LogP contribution in [0.25, 0.3) is 0 Å². The lowest BCUT2D eigenvalue weighted by atomic mass is 10.1. The van der Waals surface area contributed by atoms with Gasteiger partial charge in [0.05, 0.1) is 6.10 Å². The Hall–Kier alpha value is -0.650. The van der Waals surface area contributed by atoms with Crippen LogP contribution in [-0.4, -0.2) is 43.8 Å². The Labute approximate surface area is 104 Å². The molecule has 4 N–H and O–H groups in total. The molecule has 2 atom stereocenters. The molecule has 102 valence electrons. The van der Waals surface area contributed by atoms with E-state index in [4.69, 9.17) is 10.5 Å². The summed E-state index contributed by atoms with van der Waals surface area (Å²) in [5.41, 5.74) is 5.43. The number of hydrogen-bond donors (Lipinski definition) is 3. The number of nitrogens with two attached hydrogens (primary N) is 1. The average Bonchev–Trinajstić information content (AvgIpc) is 2.20. The summed E-state index contributed by atoms with van der Waals surface area (Å²) in [6, 6.07) is -0.00468. The molecule has 1 amide bonds. The normalized spacial score (nSPS) is 15.4. The summed E-state index contributed by atoms with van der Waals surface area (Å²) in [6.45, 7) is 8.99.